The fourth-order valence-electron chi connectivity index (χ4n) is 3.83. The minimum absolute atomic E-state index is 0.0534. The zero-order valence-corrected chi connectivity index (χ0v) is 17.0. The van der Waals surface area contributed by atoms with Gasteiger partial charge in [0.1, 0.15) is 5.76 Å². The first kappa shape index (κ1) is 20.0. The van der Waals surface area contributed by atoms with Gasteiger partial charge in [-0.15, -0.1) is 0 Å². The maximum absolute atomic E-state index is 12.9. The van der Waals surface area contributed by atoms with Crippen molar-refractivity contribution in [3.63, 3.8) is 0 Å². The second-order valence-corrected chi connectivity index (χ2v) is 8.02. The Kier molecular flexibility index (Phi) is 5.63. The molecule has 0 saturated carbocycles. The summed E-state index contributed by atoms with van der Waals surface area (Å²) in [6.07, 6.45) is 1.62. The van der Waals surface area contributed by atoms with Crippen LogP contribution in [0.4, 0.5) is 0 Å². The van der Waals surface area contributed by atoms with Crippen molar-refractivity contribution in [2.75, 3.05) is 13.2 Å². The van der Waals surface area contributed by atoms with Crippen LogP contribution in [0.3, 0.4) is 0 Å². The standard InChI is InChI=1S/C22H19Cl2NO4/c23-15-7-3-13(4-8-15)19-18(20(26)14-5-9-16(24)10-6-14)21(27)22(28)25(19)12-17-2-1-11-29-17/h3-10,17,19,26H,1-2,11-12H2/t17-,19+/m1/s1. The van der Waals surface area contributed by atoms with Crippen LogP contribution >= 0.6 is 23.2 Å². The van der Waals surface area contributed by atoms with Crippen LogP contribution in [0.25, 0.3) is 5.76 Å². The quantitative estimate of drug-likeness (QED) is 0.436. The van der Waals surface area contributed by atoms with Crippen molar-refractivity contribution >= 4 is 40.7 Å². The van der Waals surface area contributed by atoms with Crippen molar-refractivity contribution in [2.24, 2.45) is 0 Å². The third kappa shape index (κ3) is 3.90. The smallest absolute Gasteiger partial charge is 0.295 e. The number of rotatable bonds is 4. The largest absolute Gasteiger partial charge is 0.507 e. The highest BCUT2D eigenvalue weighted by molar-refractivity contribution is 6.46. The zero-order chi connectivity index (χ0) is 20.5. The van der Waals surface area contributed by atoms with Gasteiger partial charge in [-0.1, -0.05) is 35.3 Å². The fourth-order valence-corrected chi connectivity index (χ4v) is 4.08. The molecule has 2 fully saturated rings. The Morgan fingerprint density at radius 3 is 2.24 bits per heavy atom. The van der Waals surface area contributed by atoms with Crippen LogP contribution in [0.2, 0.25) is 10.0 Å². The van der Waals surface area contributed by atoms with Gasteiger partial charge in [-0.3, -0.25) is 9.59 Å². The van der Waals surface area contributed by atoms with Gasteiger partial charge in [0.2, 0.25) is 0 Å². The summed E-state index contributed by atoms with van der Waals surface area (Å²) in [7, 11) is 0. The number of aliphatic hydroxyl groups excluding tert-OH is 1. The van der Waals surface area contributed by atoms with Gasteiger partial charge in [0, 0.05) is 28.8 Å². The van der Waals surface area contributed by atoms with E-state index in [1.165, 1.54) is 4.90 Å². The van der Waals surface area contributed by atoms with Crippen molar-refractivity contribution < 1.29 is 19.4 Å². The van der Waals surface area contributed by atoms with E-state index in [0.717, 1.165) is 12.8 Å². The van der Waals surface area contributed by atoms with Gasteiger partial charge in [0.15, 0.2) is 0 Å². The van der Waals surface area contributed by atoms with Crippen LogP contribution in [-0.4, -0.2) is 41.0 Å². The monoisotopic (exact) mass is 431 g/mol. The van der Waals surface area contributed by atoms with Crippen LogP contribution in [0.5, 0.6) is 0 Å². The molecule has 5 nitrogen and oxygen atoms in total. The summed E-state index contributed by atoms with van der Waals surface area (Å²) < 4.78 is 5.68. The van der Waals surface area contributed by atoms with E-state index in [9.17, 15) is 14.7 Å². The van der Waals surface area contributed by atoms with E-state index in [-0.39, 0.29) is 24.0 Å². The minimum Gasteiger partial charge on any atom is -0.507 e. The fraction of sp³-hybridized carbons (Fsp3) is 0.273. The summed E-state index contributed by atoms with van der Waals surface area (Å²) in [6, 6.07) is 12.7. The molecule has 0 aliphatic carbocycles. The van der Waals surface area contributed by atoms with Crippen LogP contribution in [0.15, 0.2) is 54.1 Å². The number of ether oxygens (including phenoxy) is 1. The molecule has 0 unspecified atom stereocenters. The predicted molar refractivity (Wildman–Crippen MR) is 111 cm³/mol. The molecule has 0 radical (unpaired) electrons. The van der Waals surface area contributed by atoms with Gasteiger partial charge >= 0.3 is 0 Å². The molecule has 2 heterocycles. The first-order valence-electron chi connectivity index (χ1n) is 9.37. The van der Waals surface area contributed by atoms with Crippen molar-refractivity contribution in [1.29, 1.82) is 0 Å². The molecule has 150 valence electrons. The average molecular weight is 432 g/mol. The topological polar surface area (TPSA) is 66.8 Å². The van der Waals surface area contributed by atoms with Crippen LogP contribution in [0, 0.1) is 0 Å². The summed E-state index contributed by atoms with van der Waals surface area (Å²) in [5.74, 6) is -1.58. The lowest BCUT2D eigenvalue weighted by atomic mass is 9.95. The molecule has 2 aromatic carbocycles. The molecule has 0 aromatic heterocycles. The number of carbonyl (C=O) groups is 2. The highest BCUT2D eigenvalue weighted by Gasteiger charge is 2.47. The number of benzene rings is 2. The Labute approximate surface area is 178 Å². The van der Waals surface area contributed by atoms with Gasteiger partial charge < -0.3 is 14.7 Å². The summed E-state index contributed by atoms with van der Waals surface area (Å²) in [5.41, 5.74) is 1.17. The molecule has 2 aromatic rings. The maximum atomic E-state index is 12.9. The Morgan fingerprint density at radius 1 is 1.03 bits per heavy atom. The number of likely N-dealkylation sites (tertiary alicyclic amines) is 1. The molecular formula is C22H19Cl2NO4. The number of hydrogen-bond acceptors (Lipinski definition) is 4. The lowest BCUT2D eigenvalue weighted by Crippen LogP contribution is -2.36. The molecule has 4 rings (SSSR count). The molecule has 29 heavy (non-hydrogen) atoms. The third-order valence-electron chi connectivity index (χ3n) is 5.27. The van der Waals surface area contributed by atoms with Crippen LogP contribution < -0.4 is 0 Å². The first-order valence-corrected chi connectivity index (χ1v) is 10.1. The summed E-state index contributed by atoms with van der Waals surface area (Å²) >= 11 is 11.9. The molecule has 0 spiro atoms. The molecule has 0 bridgehead atoms. The van der Waals surface area contributed by atoms with Crippen molar-refractivity contribution in [2.45, 2.75) is 25.0 Å². The van der Waals surface area contributed by atoms with Gasteiger partial charge in [-0.2, -0.15) is 0 Å². The Morgan fingerprint density at radius 2 is 1.66 bits per heavy atom. The van der Waals surface area contributed by atoms with E-state index in [1.54, 1.807) is 48.5 Å². The molecule has 2 atom stereocenters. The van der Waals surface area contributed by atoms with E-state index in [4.69, 9.17) is 27.9 Å². The van der Waals surface area contributed by atoms with E-state index in [0.29, 0.717) is 27.8 Å². The highest BCUT2D eigenvalue weighted by Crippen LogP contribution is 2.40. The second kappa shape index (κ2) is 8.19. The summed E-state index contributed by atoms with van der Waals surface area (Å²) in [5, 5.41) is 12.0. The third-order valence-corrected chi connectivity index (χ3v) is 5.77. The molecule has 2 aliphatic heterocycles. The lowest BCUT2D eigenvalue weighted by Gasteiger charge is -2.27. The number of Topliss-reactive ketones (excluding diaryl/α,β-unsaturated/α-hetero) is 1. The molecular weight excluding hydrogens is 413 g/mol. The highest BCUT2D eigenvalue weighted by atomic mass is 35.5. The van der Waals surface area contributed by atoms with Gasteiger partial charge in [0.05, 0.1) is 17.7 Å². The van der Waals surface area contributed by atoms with Crippen molar-refractivity contribution in [3.05, 3.63) is 75.3 Å². The molecule has 1 amide bonds. The Balaban J connectivity index is 1.81. The van der Waals surface area contributed by atoms with Gasteiger partial charge in [0.25, 0.3) is 11.7 Å². The van der Waals surface area contributed by atoms with E-state index in [2.05, 4.69) is 0 Å². The van der Waals surface area contributed by atoms with Crippen molar-refractivity contribution in [3.8, 4) is 0 Å². The molecule has 1 N–H and O–H groups in total. The number of hydrogen-bond donors (Lipinski definition) is 1. The van der Waals surface area contributed by atoms with Gasteiger partial charge in [-0.25, -0.2) is 0 Å². The van der Waals surface area contributed by atoms with Gasteiger partial charge in [-0.05, 0) is 54.8 Å². The van der Waals surface area contributed by atoms with Crippen LogP contribution in [0.1, 0.15) is 30.0 Å². The Hall–Kier alpha value is -2.34. The minimum atomic E-state index is -0.716. The summed E-state index contributed by atoms with van der Waals surface area (Å²) in [4.78, 5) is 27.3. The summed E-state index contributed by atoms with van der Waals surface area (Å²) in [6.45, 7) is 0.931. The normalized spacial score (nSPS) is 23.7. The van der Waals surface area contributed by atoms with E-state index < -0.39 is 17.7 Å². The van der Waals surface area contributed by atoms with E-state index in [1.807, 2.05) is 0 Å². The molecule has 2 saturated heterocycles. The Bertz CT molecular complexity index is 963. The maximum Gasteiger partial charge on any atom is 0.295 e. The number of amides is 1. The predicted octanol–water partition coefficient (Wildman–Crippen LogP) is 4.59. The molecule has 2 aliphatic rings. The number of carbonyl (C=O) groups excluding carboxylic acids is 2. The number of halogens is 2. The lowest BCUT2D eigenvalue weighted by molar-refractivity contribution is -0.140. The number of ketones is 1. The second-order valence-electron chi connectivity index (χ2n) is 7.14. The van der Waals surface area contributed by atoms with Crippen LogP contribution in [-0.2, 0) is 14.3 Å². The first-order chi connectivity index (χ1) is 14.0. The number of nitrogens with zero attached hydrogens (tertiary/aromatic N) is 1. The zero-order valence-electron chi connectivity index (χ0n) is 15.5. The average Bonchev–Trinajstić information content (AvgIpc) is 3.31. The SMILES string of the molecule is O=C1C(=O)N(C[C@H]2CCCO2)[C@@H](c2ccc(Cl)cc2)C1=C(O)c1ccc(Cl)cc1. The molecule has 7 heteroatoms. The van der Waals surface area contributed by atoms with E-state index >= 15 is 0 Å². The number of aliphatic hydroxyl groups is 1. The van der Waals surface area contributed by atoms with Crippen molar-refractivity contribution in [1.82, 2.24) is 4.90 Å².